The van der Waals surface area contributed by atoms with E-state index in [0.29, 0.717) is 23.5 Å². The first-order chi connectivity index (χ1) is 8.36. The Balaban J connectivity index is 1.76. The molecule has 2 fully saturated rings. The van der Waals surface area contributed by atoms with Crippen LogP contribution in [0.25, 0.3) is 0 Å². The van der Waals surface area contributed by atoms with Gasteiger partial charge in [0.1, 0.15) is 5.78 Å². The molecule has 0 unspecified atom stereocenters. The Labute approximate surface area is 103 Å². The molecule has 0 radical (unpaired) electrons. The molecule has 0 saturated heterocycles. The number of carbonyl (C=O) groups is 1. The Morgan fingerprint density at radius 3 is 2.29 bits per heavy atom. The van der Waals surface area contributed by atoms with E-state index < -0.39 is 0 Å². The van der Waals surface area contributed by atoms with Gasteiger partial charge in [0.05, 0.1) is 0 Å². The van der Waals surface area contributed by atoms with Crippen molar-refractivity contribution in [1.82, 2.24) is 0 Å². The van der Waals surface area contributed by atoms with Crippen LogP contribution in [0.3, 0.4) is 0 Å². The van der Waals surface area contributed by atoms with Gasteiger partial charge in [-0.25, -0.2) is 0 Å². The standard InChI is InChI=1S/C16H20O/c17-15-11-14(12-7-3-1-4-8-12)16(15)13-9-5-2-6-10-13/h1,3-4,7-8,13-14,16H,2,5-6,9-11H2/t14-,16-/m1/s1. The maximum atomic E-state index is 11.9. The predicted molar refractivity (Wildman–Crippen MR) is 68.9 cm³/mol. The lowest BCUT2D eigenvalue weighted by Crippen LogP contribution is -2.41. The second kappa shape index (κ2) is 4.64. The van der Waals surface area contributed by atoms with Crippen LogP contribution in [0, 0.1) is 11.8 Å². The van der Waals surface area contributed by atoms with Crippen LogP contribution >= 0.6 is 0 Å². The van der Waals surface area contributed by atoms with Crippen molar-refractivity contribution in [3.05, 3.63) is 35.9 Å². The van der Waals surface area contributed by atoms with Gasteiger partial charge in [-0.1, -0.05) is 49.6 Å². The number of hydrogen-bond donors (Lipinski definition) is 0. The third-order valence-corrected chi connectivity index (χ3v) is 4.61. The third kappa shape index (κ3) is 2.03. The van der Waals surface area contributed by atoms with E-state index in [9.17, 15) is 4.79 Å². The molecular weight excluding hydrogens is 208 g/mol. The molecule has 1 aromatic carbocycles. The molecule has 1 nitrogen and oxygen atoms in total. The highest BCUT2D eigenvalue weighted by atomic mass is 16.1. The molecule has 0 heterocycles. The maximum Gasteiger partial charge on any atom is 0.137 e. The van der Waals surface area contributed by atoms with Crippen molar-refractivity contribution in [2.75, 3.05) is 0 Å². The van der Waals surface area contributed by atoms with Gasteiger partial charge in [-0.05, 0) is 24.3 Å². The van der Waals surface area contributed by atoms with Crippen LogP contribution in [0.4, 0.5) is 0 Å². The zero-order chi connectivity index (χ0) is 11.7. The number of benzene rings is 1. The largest absolute Gasteiger partial charge is 0.299 e. The van der Waals surface area contributed by atoms with Gasteiger partial charge in [-0.2, -0.15) is 0 Å². The van der Waals surface area contributed by atoms with E-state index >= 15 is 0 Å². The Hall–Kier alpha value is -1.11. The van der Waals surface area contributed by atoms with Crippen molar-refractivity contribution in [3.8, 4) is 0 Å². The second-order valence-electron chi connectivity index (χ2n) is 5.61. The summed E-state index contributed by atoms with van der Waals surface area (Å²) in [5, 5.41) is 0. The SMILES string of the molecule is O=C1C[C@H](c2ccccc2)[C@H]1C1CCCCC1. The summed E-state index contributed by atoms with van der Waals surface area (Å²) in [7, 11) is 0. The molecular formula is C16H20O. The van der Waals surface area contributed by atoms with E-state index in [4.69, 9.17) is 0 Å². The number of rotatable bonds is 2. The zero-order valence-corrected chi connectivity index (χ0v) is 10.3. The van der Waals surface area contributed by atoms with Gasteiger partial charge >= 0.3 is 0 Å². The molecule has 0 amide bonds. The van der Waals surface area contributed by atoms with Gasteiger partial charge in [-0.15, -0.1) is 0 Å². The minimum atomic E-state index is 0.345. The van der Waals surface area contributed by atoms with Crippen LogP contribution in [0.15, 0.2) is 30.3 Å². The first-order valence-corrected chi connectivity index (χ1v) is 6.94. The van der Waals surface area contributed by atoms with Gasteiger partial charge in [0, 0.05) is 18.3 Å². The molecule has 3 rings (SSSR count). The molecule has 0 aliphatic heterocycles. The maximum absolute atomic E-state index is 11.9. The van der Waals surface area contributed by atoms with E-state index in [2.05, 4.69) is 30.3 Å². The fourth-order valence-corrected chi connectivity index (χ4v) is 3.65. The molecule has 90 valence electrons. The van der Waals surface area contributed by atoms with E-state index in [-0.39, 0.29) is 0 Å². The van der Waals surface area contributed by atoms with Crippen molar-refractivity contribution >= 4 is 5.78 Å². The summed E-state index contributed by atoms with van der Waals surface area (Å²) in [5.41, 5.74) is 1.38. The lowest BCUT2D eigenvalue weighted by Gasteiger charge is -2.42. The highest BCUT2D eigenvalue weighted by Gasteiger charge is 2.44. The minimum absolute atomic E-state index is 0.345. The quantitative estimate of drug-likeness (QED) is 0.749. The van der Waals surface area contributed by atoms with Crippen molar-refractivity contribution in [1.29, 1.82) is 0 Å². The summed E-state index contributed by atoms with van der Waals surface area (Å²) >= 11 is 0. The van der Waals surface area contributed by atoms with Crippen LogP contribution in [0.2, 0.25) is 0 Å². The normalized spacial score (nSPS) is 30.0. The predicted octanol–water partition coefficient (Wildman–Crippen LogP) is 3.94. The fraction of sp³-hybridized carbons (Fsp3) is 0.562. The lowest BCUT2D eigenvalue weighted by atomic mass is 9.60. The number of carbonyl (C=O) groups excluding carboxylic acids is 1. The molecule has 0 spiro atoms. The Morgan fingerprint density at radius 2 is 1.65 bits per heavy atom. The van der Waals surface area contributed by atoms with Crippen molar-refractivity contribution in [2.24, 2.45) is 11.8 Å². The molecule has 17 heavy (non-hydrogen) atoms. The first kappa shape index (κ1) is 11.0. The molecule has 2 saturated carbocycles. The summed E-state index contributed by atoms with van der Waals surface area (Å²) < 4.78 is 0. The Morgan fingerprint density at radius 1 is 0.941 bits per heavy atom. The summed E-state index contributed by atoms with van der Waals surface area (Å²) in [6.45, 7) is 0. The zero-order valence-electron chi connectivity index (χ0n) is 10.3. The summed E-state index contributed by atoms with van der Waals surface area (Å²) in [4.78, 5) is 11.9. The van der Waals surface area contributed by atoms with Crippen LogP contribution in [-0.4, -0.2) is 5.78 Å². The van der Waals surface area contributed by atoms with Crippen LogP contribution in [0.5, 0.6) is 0 Å². The molecule has 0 aromatic heterocycles. The number of hydrogen-bond acceptors (Lipinski definition) is 1. The molecule has 0 N–H and O–H groups in total. The van der Waals surface area contributed by atoms with E-state index in [1.54, 1.807) is 0 Å². The monoisotopic (exact) mass is 228 g/mol. The average Bonchev–Trinajstić information content (AvgIpc) is 2.38. The van der Waals surface area contributed by atoms with Crippen molar-refractivity contribution in [3.63, 3.8) is 0 Å². The minimum Gasteiger partial charge on any atom is -0.299 e. The second-order valence-corrected chi connectivity index (χ2v) is 5.61. The Kier molecular flexibility index (Phi) is 3.00. The van der Waals surface area contributed by atoms with Crippen LogP contribution in [-0.2, 0) is 4.79 Å². The van der Waals surface area contributed by atoms with Gasteiger partial charge in [-0.3, -0.25) is 4.79 Å². The highest BCUT2D eigenvalue weighted by Crippen LogP contribution is 2.47. The van der Waals surface area contributed by atoms with Gasteiger partial charge in [0.25, 0.3) is 0 Å². The summed E-state index contributed by atoms with van der Waals surface area (Å²) in [5.74, 6) is 2.06. The average molecular weight is 228 g/mol. The third-order valence-electron chi connectivity index (χ3n) is 4.61. The van der Waals surface area contributed by atoms with Crippen LogP contribution in [0.1, 0.15) is 50.0 Å². The summed E-state index contributed by atoms with van der Waals surface area (Å²) in [6, 6.07) is 10.6. The smallest absolute Gasteiger partial charge is 0.137 e. The molecule has 2 aliphatic rings. The van der Waals surface area contributed by atoms with Gasteiger partial charge in [0.2, 0.25) is 0 Å². The van der Waals surface area contributed by atoms with Crippen molar-refractivity contribution in [2.45, 2.75) is 44.4 Å². The molecule has 2 atom stereocenters. The van der Waals surface area contributed by atoms with E-state index in [1.807, 2.05) is 0 Å². The molecule has 1 heteroatoms. The van der Waals surface area contributed by atoms with E-state index in [1.165, 1.54) is 37.7 Å². The van der Waals surface area contributed by atoms with Crippen LogP contribution < -0.4 is 0 Å². The Bertz CT molecular complexity index is 389. The fourth-order valence-electron chi connectivity index (χ4n) is 3.65. The van der Waals surface area contributed by atoms with Gasteiger partial charge < -0.3 is 0 Å². The topological polar surface area (TPSA) is 17.1 Å². The molecule has 1 aromatic rings. The first-order valence-electron chi connectivity index (χ1n) is 6.94. The number of Topliss-reactive ketones (excluding diaryl/α,β-unsaturated/α-hetero) is 1. The summed E-state index contributed by atoms with van der Waals surface area (Å²) in [6.07, 6.45) is 7.37. The molecule has 0 bridgehead atoms. The molecule has 2 aliphatic carbocycles. The number of ketones is 1. The lowest BCUT2D eigenvalue weighted by molar-refractivity contribution is -0.134. The van der Waals surface area contributed by atoms with Crippen molar-refractivity contribution < 1.29 is 4.79 Å². The van der Waals surface area contributed by atoms with E-state index in [0.717, 1.165) is 6.42 Å². The highest BCUT2D eigenvalue weighted by molar-refractivity contribution is 5.89. The van der Waals surface area contributed by atoms with Gasteiger partial charge in [0.15, 0.2) is 0 Å².